The van der Waals surface area contributed by atoms with Crippen molar-refractivity contribution >= 4 is 0 Å². The Hall–Kier alpha value is -0.830. The van der Waals surface area contributed by atoms with Crippen LogP contribution in [0.1, 0.15) is 31.4 Å². The Morgan fingerprint density at radius 1 is 1.38 bits per heavy atom. The van der Waals surface area contributed by atoms with E-state index in [9.17, 15) is 4.39 Å². The molecule has 0 radical (unpaired) electrons. The van der Waals surface area contributed by atoms with Crippen LogP contribution in [0.4, 0.5) is 4.39 Å². The molecule has 2 N–H and O–H groups in total. The molecule has 0 amide bonds. The number of furan rings is 1. The van der Waals surface area contributed by atoms with E-state index in [0.29, 0.717) is 6.54 Å². The highest BCUT2D eigenvalue weighted by Gasteiger charge is 2.37. The molecule has 0 unspecified atom stereocenters. The van der Waals surface area contributed by atoms with Crippen molar-refractivity contribution in [2.75, 3.05) is 6.54 Å². The molecule has 13 heavy (non-hydrogen) atoms. The Labute approximate surface area is 76.9 Å². The molecule has 1 aliphatic rings. The summed E-state index contributed by atoms with van der Waals surface area (Å²) in [5, 5.41) is 0. The Morgan fingerprint density at radius 2 is 2.08 bits per heavy atom. The van der Waals surface area contributed by atoms with Crippen LogP contribution in [-0.4, -0.2) is 6.54 Å². The summed E-state index contributed by atoms with van der Waals surface area (Å²) in [5.74, 6) is 0.727. The van der Waals surface area contributed by atoms with Gasteiger partial charge in [0.15, 0.2) is 0 Å². The lowest BCUT2D eigenvalue weighted by molar-refractivity contribution is 0.278. The van der Waals surface area contributed by atoms with Gasteiger partial charge in [-0.25, -0.2) is 0 Å². The smallest absolute Gasteiger partial charge is 0.277 e. The van der Waals surface area contributed by atoms with Crippen molar-refractivity contribution in [2.45, 2.75) is 31.1 Å². The van der Waals surface area contributed by atoms with Crippen molar-refractivity contribution in [2.24, 2.45) is 5.73 Å². The van der Waals surface area contributed by atoms with Crippen LogP contribution in [0.5, 0.6) is 0 Å². The summed E-state index contributed by atoms with van der Waals surface area (Å²) in [6.45, 7) is 0.556. The summed E-state index contributed by atoms with van der Waals surface area (Å²) < 4.78 is 17.7. The molecule has 1 aliphatic carbocycles. The second kappa shape index (κ2) is 3.14. The van der Waals surface area contributed by atoms with Crippen LogP contribution in [0.3, 0.4) is 0 Å². The molecule has 3 heteroatoms. The predicted molar refractivity (Wildman–Crippen MR) is 47.9 cm³/mol. The van der Waals surface area contributed by atoms with Gasteiger partial charge in [-0.15, -0.1) is 0 Å². The Morgan fingerprint density at radius 3 is 2.54 bits per heavy atom. The highest BCUT2D eigenvalue weighted by atomic mass is 19.1. The van der Waals surface area contributed by atoms with E-state index in [1.807, 2.05) is 0 Å². The lowest BCUT2D eigenvalue weighted by Crippen LogP contribution is -2.31. The summed E-state index contributed by atoms with van der Waals surface area (Å²) >= 11 is 0. The molecule has 2 rings (SSSR count). The van der Waals surface area contributed by atoms with Gasteiger partial charge in [0.1, 0.15) is 5.76 Å². The van der Waals surface area contributed by atoms with E-state index in [2.05, 4.69) is 0 Å². The van der Waals surface area contributed by atoms with Gasteiger partial charge in [0.2, 0.25) is 0 Å². The zero-order chi connectivity index (χ0) is 9.31. The first kappa shape index (κ1) is 8.75. The molecule has 0 aromatic carbocycles. The number of hydrogen-bond acceptors (Lipinski definition) is 2. The molecular weight excluding hydrogens is 169 g/mol. The maximum absolute atomic E-state index is 12.7. The Balaban J connectivity index is 2.30. The average Bonchev–Trinajstić information content (AvgIpc) is 2.73. The zero-order valence-electron chi connectivity index (χ0n) is 7.55. The van der Waals surface area contributed by atoms with E-state index >= 15 is 0 Å². The van der Waals surface area contributed by atoms with E-state index in [1.165, 1.54) is 18.9 Å². The molecule has 1 saturated carbocycles. The van der Waals surface area contributed by atoms with Gasteiger partial charge in [0.25, 0.3) is 6.01 Å². The molecular formula is C10H14FNO. The first-order valence-electron chi connectivity index (χ1n) is 4.73. The fraction of sp³-hybridized carbons (Fsp3) is 0.600. The normalized spacial score (nSPS) is 20.8. The van der Waals surface area contributed by atoms with Crippen LogP contribution in [0.15, 0.2) is 16.5 Å². The molecule has 0 bridgehead atoms. The van der Waals surface area contributed by atoms with Crippen LogP contribution in [-0.2, 0) is 5.41 Å². The number of nitrogens with two attached hydrogens (primary N) is 1. The van der Waals surface area contributed by atoms with Crippen molar-refractivity contribution in [3.05, 3.63) is 23.9 Å². The van der Waals surface area contributed by atoms with E-state index in [1.54, 1.807) is 6.07 Å². The minimum atomic E-state index is -0.505. The summed E-state index contributed by atoms with van der Waals surface area (Å²) in [5.41, 5.74) is 5.65. The third kappa shape index (κ3) is 1.37. The van der Waals surface area contributed by atoms with Gasteiger partial charge < -0.3 is 10.2 Å². The van der Waals surface area contributed by atoms with Crippen LogP contribution in [0.25, 0.3) is 0 Å². The number of rotatable bonds is 2. The van der Waals surface area contributed by atoms with Crippen molar-refractivity contribution in [3.63, 3.8) is 0 Å². The standard InChI is InChI=1S/C10H14FNO/c11-9-4-3-8(13-9)10(7-12)5-1-2-6-10/h3-4H,1-2,5-7,12H2. The molecule has 1 aromatic rings. The number of halogens is 1. The second-order valence-corrected chi connectivity index (χ2v) is 3.80. The number of hydrogen-bond donors (Lipinski definition) is 1. The Kier molecular flexibility index (Phi) is 2.12. The van der Waals surface area contributed by atoms with Crippen molar-refractivity contribution < 1.29 is 8.81 Å². The highest BCUT2D eigenvalue weighted by Crippen LogP contribution is 2.40. The first-order valence-corrected chi connectivity index (χ1v) is 4.73. The largest absolute Gasteiger partial charge is 0.436 e. The van der Waals surface area contributed by atoms with Gasteiger partial charge in [-0.2, -0.15) is 4.39 Å². The maximum atomic E-state index is 12.7. The molecule has 1 aromatic heterocycles. The van der Waals surface area contributed by atoms with Gasteiger partial charge in [0, 0.05) is 18.0 Å². The van der Waals surface area contributed by atoms with E-state index in [-0.39, 0.29) is 5.41 Å². The molecule has 2 nitrogen and oxygen atoms in total. The van der Waals surface area contributed by atoms with Crippen LogP contribution in [0.2, 0.25) is 0 Å². The summed E-state index contributed by atoms with van der Waals surface area (Å²) in [4.78, 5) is 0. The minimum Gasteiger partial charge on any atom is -0.436 e. The molecule has 72 valence electrons. The van der Waals surface area contributed by atoms with Crippen molar-refractivity contribution in [3.8, 4) is 0 Å². The molecule has 0 aliphatic heterocycles. The zero-order valence-corrected chi connectivity index (χ0v) is 7.55. The van der Waals surface area contributed by atoms with Crippen LogP contribution >= 0.6 is 0 Å². The first-order chi connectivity index (χ1) is 6.27. The van der Waals surface area contributed by atoms with E-state index in [4.69, 9.17) is 10.2 Å². The summed E-state index contributed by atoms with van der Waals surface area (Å²) in [7, 11) is 0. The van der Waals surface area contributed by atoms with Crippen molar-refractivity contribution in [1.29, 1.82) is 0 Å². The molecule has 1 heterocycles. The second-order valence-electron chi connectivity index (χ2n) is 3.80. The fourth-order valence-electron chi connectivity index (χ4n) is 2.20. The van der Waals surface area contributed by atoms with Gasteiger partial charge in [-0.1, -0.05) is 12.8 Å². The predicted octanol–water partition coefficient (Wildman–Crippen LogP) is 2.19. The fourth-order valence-corrected chi connectivity index (χ4v) is 2.20. The minimum absolute atomic E-state index is 0.0790. The highest BCUT2D eigenvalue weighted by molar-refractivity contribution is 5.17. The summed E-state index contributed by atoms with van der Waals surface area (Å²) in [6, 6.07) is 2.58. The molecule has 1 fully saturated rings. The van der Waals surface area contributed by atoms with Crippen LogP contribution in [0, 0.1) is 6.01 Å². The maximum Gasteiger partial charge on any atom is 0.277 e. The van der Waals surface area contributed by atoms with Crippen LogP contribution < -0.4 is 5.73 Å². The third-order valence-corrected chi connectivity index (χ3v) is 3.05. The Bertz CT molecular complexity index is 289. The lowest BCUT2D eigenvalue weighted by atomic mass is 9.84. The quantitative estimate of drug-likeness (QED) is 0.763. The van der Waals surface area contributed by atoms with Crippen molar-refractivity contribution in [1.82, 2.24) is 0 Å². The molecule has 0 spiro atoms. The summed E-state index contributed by atoms with van der Waals surface area (Å²) in [6.07, 6.45) is 4.38. The van der Waals surface area contributed by atoms with E-state index in [0.717, 1.165) is 18.6 Å². The molecule has 0 atom stereocenters. The molecule has 0 saturated heterocycles. The van der Waals surface area contributed by atoms with Gasteiger partial charge in [-0.05, 0) is 18.9 Å². The monoisotopic (exact) mass is 183 g/mol. The van der Waals surface area contributed by atoms with Gasteiger partial charge in [0.05, 0.1) is 0 Å². The third-order valence-electron chi connectivity index (χ3n) is 3.05. The van der Waals surface area contributed by atoms with Gasteiger partial charge >= 0.3 is 0 Å². The van der Waals surface area contributed by atoms with E-state index < -0.39 is 6.01 Å². The topological polar surface area (TPSA) is 39.2 Å². The van der Waals surface area contributed by atoms with Gasteiger partial charge in [-0.3, -0.25) is 0 Å². The SMILES string of the molecule is NCC1(c2ccc(F)o2)CCCC1. The average molecular weight is 183 g/mol. The lowest BCUT2D eigenvalue weighted by Gasteiger charge is -2.23.